The summed E-state index contributed by atoms with van der Waals surface area (Å²) < 4.78 is 4.87. The van der Waals surface area contributed by atoms with Gasteiger partial charge in [-0.3, -0.25) is 0 Å². The molecule has 0 atom stereocenters. The minimum absolute atomic E-state index is 1.15. The summed E-state index contributed by atoms with van der Waals surface area (Å²) in [6.07, 6.45) is 0. The number of aromatic nitrogens is 2. The summed E-state index contributed by atoms with van der Waals surface area (Å²) in [7, 11) is 0. The molecule has 234 valence electrons. The highest BCUT2D eigenvalue weighted by atomic mass is 15.0. The fourth-order valence-corrected chi connectivity index (χ4v) is 7.99. The molecule has 10 rings (SSSR count). The first kappa shape index (κ1) is 28.4. The monoisotopic (exact) mass is 636 g/mol. The molecule has 2 aromatic heterocycles. The summed E-state index contributed by atoms with van der Waals surface area (Å²) in [5, 5.41) is 5.03. The van der Waals surface area contributed by atoms with Crippen LogP contribution < -0.4 is 0 Å². The standard InChI is InChI=1S/C48H32N2/c1-3-15-33(16-4-1)34-29-31-36(32-30-34)49-43-25-11-8-20-40(43)47-38(22-13-27-45(47)49)39-23-14-28-46-48(39)41-21-9-12-26-44(41)50(46)42-24-10-7-19-37(42)35-17-5-2-6-18-35/h1-32H. The second kappa shape index (κ2) is 11.5. The van der Waals surface area contributed by atoms with Crippen LogP contribution in [0.15, 0.2) is 194 Å². The average molecular weight is 637 g/mol. The van der Waals surface area contributed by atoms with E-state index in [-0.39, 0.29) is 0 Å². The summed E-state index contributed by atoms with van der Waals surface area (Å²) in [5.74, 6) is 0. The predicted molar refractivity (Wildman–Crippen MR) is 211 cm³/mol. The van der Waals surface area contributed by atoms with Crippen LogP contribution in [-0.4, -0.2) is 9.13 Å². The first-order valence-corrected chi connectivity index (χ1v) is 17.2. The van der Waals surface area contributed by atoms with Crippen LogP contribution in [0.4, 0.5) is 0 Å². The van der Waals surface area contributed by atoms with Gasteiger partial charge in [0.1, 0.15) is 0 Å². The van der Waals surface area contributed by atoms with Gasteiger partial charge in [0.25, 0.3) is 0 Å². The molecule has 0 amide bonds. The van der Waals surface area contributed by atoms with Gasteiger partial charge in [0.05, 0.1) is 27.8 Å². The molecule has 0 unspecified atom stereocenters. The van der Waals surface area contributed by atoms with Crippen molar-refractivity contribution in [3.8, 4) is 44.8 Å². The quantitative estimate of drug-likeness (QED) is 0.178. The van der Waals surface area contributed by atoms with Gasteiger partial charge in [0, 0.05) is 32.8 Å². The smallest absolute Gasteiger partial charge is 0.0547 e. The van der Waals surface area contributed by atoms with Crippen LogP contribution in [0, 0.1) is 0 Å². The molecule has 0 radical (unpaired) electrons. The van der Waals surface area contributed by atoms with E-state index in [1.807, 2.05) is 0 Å². The van der Waals surface area contributed by atoms with Crippen LogP contribution in [0.5, 0.6) is 0 Å². The fourth-order valence-electron chi connectivity index (χ4n) is 7.99. The minimum atomic E-state index is 1.15. The van der Waals surface area contributed by atoms with Crippen molar-refractivity contribution in [2.24, 2.45) is 0 Å². The first-order valence-electron chi connectivity index (χ1n) is 17.2. The van der Waals surface area contributed by atoms with Gasteiger partial charge in [0.15, 0.2) is 0 Å². The van der Waals surface area contributed by atoms with Crippen molar-refractivity contribution in [1.82, 2.24) is 9.13 Å². The Bertz CT molecular complexity index is 2840. The van der Waals surface area contributed by atoms with E-state index in [1.54, 1.807) is 0 Å². The van der Waals surface area contributed by atoms with E-state index in [2.05, 4.69) is 203 Å². The zero-order valence-electron chi connectivity index (χ0n) is 27.4. The highest BCUT2D eigenvalue weighted by Gasteiger charge is 2.21. The lowest BCUT2D eigenvalue weighted by molar-refractivity contribution is 1.18. The predicted octanol–water partition coefficient (Wildman–Crippen LogP) is 12.9. The van der Waals surface area contributed by atoms with Crippen molar-refractivity contribution < 1.29 is 0 Å². The molecule has 2 heterocycles. The Balaban J connectivity index is 1.23. The van der Waals surface area contributed by atoms with E-state index in [1.165, 1.54) is 82.7 Å². The Morgan fingerprint density at radius 3 is 1.34 bits per heavy atom. The molecule has 0 fully saturated rings. The fraction of sp³-hybridized carbons (Fsp3) is 0. The van der Waals surface area contributed by atoms with E-state index in [0.29, 0.717) is 0 Å². The molecule has 50 heavy (non-hydrogen) atoms. The third-order valence-corrected chi connectivity index (χ3v) is 10.1. The molecule has 8 aromatic carbocycles. The van der Waals surface area contributed by atoms with Crippen molar-refractivity contribution in [1.29, 1.82) is 0 Å². The second-order valence-corrected chi connectivity index (χ2v) is 12.9. The maximum atomic E-state index is 2.45. The van der Waals surface area contributed by atoms with E-state index in [4.69, 9.17) is 0 Å². The molecule has 0 aliphatic heterocycles. The maximum Gasteiger partial charge on any atom is 0.0547 e. The Morgan fingerprint density at radius 1 is 0.260 bits per heavy atom. The highest BCUT2D eigenvalue weighted by Crippen LogP contribution is 2.44. The first-order chi connectivity index (χ1) is 24.8. The number of para-hydroxylation sites is 3. The van der Waals surface area contributed by atoms with Gasteiger partial charge in [-0.2, -0.15) is 0 Å². The van der Waals surface area contributed by atoms with Gasteiger partial charge in [-0.15, -0.1) is 0 Å². The summed E-state index contributed by atoms with van der Waals surface area (Å²) in [4.78, 5) is 0. The van der Waals surface area contributed by atoms with Crippen LogP contribution in [0.1, 0.15) is 0 Å². The number of rotatable bonds is 5. The van der Waals surface area contributed by atoms with Crippen LogP contribution >= 0.6 is 0 Å². The second-order valence-electron chi connectivity index (χ2n) is 12.9. The molecule has 10 aromatic rings. The summed E-state index contributed by atoms with van der Waals surface area (Å²) in [5.41, 5.74) is 14.5. The minimum Gasteiger partial charge on any atom is -0.309 e. The van der Waals surface area contributed by atoms with Crippen LogP contribution in [-0.2, 0) is 0 Å². The van der Waals surface area contributed by atoms with Crippen LogP contribution in [0.25, 0.3) is 88.4 Å². The van der Waals surface area contributed by atoms with Gasteiger partial charge in [0.2, 0.25) is 0 Å². The number of fused-ring (bicyclic) bond motifs is 6. The van der Waals surface area contributed by atoms with Gasteiger partial charge >= 0.3 is 0 Å². The summed E-state index contributed by atoms with van der Waals surface area (Å²) >= 11 is 0. The normalized spacial score (nSPS) is 11.6. The van der Waals surface area contributed by atoms with E-state index in [0.717, 1.165) is 5.69 Å². The van der Waals surface area contributed by atoms with E-state index >= 15 is 0 Å². The largest absolute Gasteiger partial charge is 0.309 e. The SMILES string of the molecule is c1ccc(-c2ccc(-n3c4ccccc4c4c(-c5cccc6c5c5ccccc5n6-c5ccccc5-c5ccccc5)cccc43)cc2)cc1. The van der Waals surface area contributed by atoms with Crippen molar-refractivity contribution in [3.63, 3.8) is 0 Å². The lowest BCUT2D eigenvalue weighted by Gasteiger charge is -2.14. The average Bonchev–Trinajstić information content (AvgIpc) is 3.72. The molecule has 2 heteroatoms. The van der Waals surface area contributed by atoms with E-state index in [9.17, 15) is 0 Å². The number of hydrogen-bond donors (Lipinski definition) is 0. The van der Waals surface area contributed by atoms with Crippen molar-refractivity contribution >= 4 is 43.6 Å². The lowest BCUT2D eigenvalue weighted by Crippen LogP contribution is -1.97. The zero-order valence-corrected chi connectivity index (χ0v) is 27.4. The maximum absolute atomic E-state index is 2.45. The zero-order chi connectivity index (χ0) is 33.0. The third-order valence-electron chi connectivity index (χ3n) is 10.1. The summed E-state index contributed by atoms with van der Waals surface area (Å²) in [6, 6.07) is 70.3. The molecule has 0 aliphatic rings. The highest BCUT2D eigenvalue weighted by molar-refractivity contribution is 6.22. The van der Waals surface area contributed by atoms with Gasteiger partial charge < -0.3 is 9.13 Å². The Kier molecular flexibility index (Phi) is 6.53. The molecule has 0 saturated carbocycles. The van der Waals surface area contributed by atoms with Crippen LogP contribution in [0.2, 0.25) is 0 Å². The molecular formula is C48H32N2. The Hall–Kier alpha value is -6.64. The molecule has 0 aliphatic carbocycles. The number of hydrogen-bond acceptors (Lipinski definition) is 0. The third kappa shape index (κ3) is 4.36. The molecule has 0 bridgehead atoms. The van der Waals surface area contributed by atoms with Crippen molar-refractivity contribution in [3.05, 3.63) is 194 Å². The van der Waals surface area contributed by atoms with Crippen LogP contribution in [0.3, 0.4) is 0 Å². The van der Waals surface area contributed by atoms with Gasteiger partial charge in [-0.25, -0.2) is 0 Å². The molecule has 2 nitrogen and oxygen atoms in total. The Labute approximate surface area is 290 Å². The topological polar surface area (TPSA) is 9.86 Å². The van der Waals surface area contributed by atoms with Gasteiger partial charge in [-0.1, -0.05) is 152 Å². The number of nitrogens with zero attached hydrogens (tertiary/aromatic N) is 2. The summed E-state index contributed by atoms with van der Waals surface area (Å²) in [6.45, 7) is 0. The molecular weight excluding hydrogens is 605 g/mol. The van der Waals surface area contributed by atoms with Gasteiger partial charge in [-0.05, 0) is 70.3 Å². The van der Waals surface area contributed by atoms with E-state index < -0.39 is 0 Å². The molecule has 0 N–H and O–H groups in total. The van der Waals surface area contributed by atoms with Crippen molar-refractivity contribution in [2.75, 3.05) is 0 Å². The number of benzene rings is 8. The molecule has 0 saturated heterocycles. The lowest BCUT2D eigenvalue weighted by atomic mass is 9.95. The van der Waals surface area contributed by atoms with Crippen molar-refractivity contribution in [2.45, 2.75) is 0 Å². The molecule has 0 spiro atoms. The Morgan fingerprint density at radius 2 is 0.700 bits per heavy atom.